The third kappa shape index (κ3) is 5.40. The molecule has 0 radical (unpaired) electrons. The summed E-state index contributed by atoms with van der Waals surface area (Å²) in [6, 6.07) is 28.0. The van der Waals surface area contributed by atoms with Crippen molar-refractivity contribution in [3.8, 4) is 0 Å². The van der Waals surface area contributed by atoms with Crippen molar-refractivity contribution in [2.75, 3.05) is 6.61 Å². The van der Waals surface area contributed by atoms with Gasteiger partial charge in [0.05, 0.1) is 12.5 Å². The summed E-state index contributed by atoms with van der Waals surface area (Å²) in [5, 5.41) is 3.03. The molecule has 0 spiro atoms. The topological polar surface area (TPSA) is 55.4 Å². The van der Waals surface area contributed by atoms with Crippen LogP contribution in [0.3, 0.4) is 0 Å². The van der Waals surface area contributed by atoms with E-state index in [-0.39, 0.29) is 36.9 Å². The largest absolute Gasteiger partial charge is 0.456 e. The Kier molecular flexibility index (Phi) is 6.78. The van der Waals surface area contributed by atoms with Crippen LogP contribution in [0.25, 0.3) is 0 Å². The summed E-state index contributed by atoms with van der Waals surface area (Å²) in [7, 11) is 0. The lowest BCUT2D eigenvalue weighted by Gasteiger charge is -2.26. The number of fused-ring (bicyclic) bond motifs is 1. The predicted octanol–water partition coefficient (Wildman–Crippen LogP) is 4.95. The van der Waals surface area contributed by atoms with Crippen LogP contribution in [0.15, 0.2) is 84.9 Å². The van der Waals surface area contributed by atoms with Crippen LogP contribution in [0.1, 0.15) is 53.5 Å². The highest BCUT2D eigenvalue weighted by atomic mass is 16.5. The molecule has 0 unspecified atom stereocenters. The van der Waals surface area contributed by atoms with Crippen LogP contribution >= 0.6 is 0 Å². The fourth-order valence-corrected chi connectivity index (χ4v) is 4.31. The maximum absolute atomic E-state index is 12.6. The van der Waals surface area contributed by atoms with Crippen LogP contribution in [-0.2, 0) is 20.7 Å². The molecule has 4 heteroatoms. The molecule has 1 atom stereocenters. The number of rotatable bonds is 7. The fraction of sp³-hybridized carbons (Fsp3) is 0.259. The highest BCUT2D eigenvalue weighted by molar-refractivity contribution is 5.81. The zero-order valence-corrected chi connectivity index (χ0v) is 17.5. The van der Waals surface area contributed by atoms with Gasteiger partial charge in [0.25, 0.3) is 5.91 Å². The van der Waals surface area contributed by atoms with Gasteiger partial charge in [-0.15, -0.1) is 0 Å². The molecule has 0 bridgehead atoms. The Balaban J connectivity index is 1.35. The molecular weight excluding hydrogens is 386 g/mol. The third-order valence-corrected chi connectivity index (χ3v) is 5.84. The first-order valence-electron chi connectivity index (χ1n) is 10.8. The van der Waals surface area contributed by atoms with Gasteiger partial charge in [0, 0.05) is 5.92 Å². The molecule has 0 saturated carbocycles. The molecule has 4 nitrogen and oxygen atoms in total. The summed E-state index contributed by atoms with van der Waals surface area (Å²) in [6.45, 7) is -0.256. The fourth-order valence-electron chi connectivity index (χ4n) is 4.31. The first-order valence-corrected chi connectivity index (χ1v) is 10.8. The zero-order valence-electron chi connectivity index (χ0n) is 17.5. The van der Waals surface area contributed by atoms with Gasteiger partial charge in [-0.05, 0) is 41.5 Å². The molecule has 0 fully saturated rings. The summed E-state index contributed by atoms with van der Waals surface area (Å²) in [5.41, 5.74) is 4.55. The Bertz CT molecular complexity index is 977. The third-order valence-electron chi connectivity index (χ3n) is 5.84. The number of hydrogen-bond acceptors (Lipinski definition) is 3. The number of carbonyl (C=O) groups excluding carboxylic acids is 2. The number of ether oxygens (including phenoxy) is 1. The van der Waals surface area contributed by atoms with Crippen molar-refractivity contribution in [3.05, 3.63) is 107 Å². The Morgan fingerprint density at radius 3 is 2.16 bits per heavy atom. The van der Waals surface area contributed by atoms with Crippen molar-refractivity contribution in [2.24, 2.45) is 0 Å². The molecule has 31 heavy (non-hydrogen) atoms. The van der Waals surface area contributed by atoms with Crippen molar-refractivity contribution in [3.63, 3.8) is 0 Å². The summed E-state index contributed by atoms with van der Waals surface area (Å²) in [5.74, 6) is -0.744. The van der Waals surface area contributed by atoms with E-state index in [4.69, 9.17) is 4.74 Å². The van der Waals surface area contributed by atoms with Gasteiger partial charge < -0.3 is 10.1 Å². The molecule has 0 aliphatic heterocycles. The van der Waals surface area contributed by atoms with E-state index in [1.54, 1.807) is 0 Å². The van der Waals surface area contributed by atoms with Crippen molar-refractivity contribution in [1.29, 1.82) is 0 Å². The van der Waals surface area contributed by atoms with Crippen molar-refractivity contribution in [1.82, 2.24) is 5.32 Å². The SMILES string of the molecule is O=C(COC(=O)CC(c1ccccc1)c1ccccc1)N[C@@H]1CCCc2ccccc21. The Morgan fingerprint density at radius 1 is 0.871 bits per heavy atom. The molecule has 1 amide bonds. The summed E-state index contributed by atoms with van der Waals surface area (Å²) in [6.07, 6.45) is 3.17. The molecule has 158 valence electrons. The normalized spacial score (nSPS) is 15.2. The molecule has 0 aromatic heterocycles. The van der Waals surface area contributed by atoms with E-state index in [1.807, 2.05) is 72.8 Å². The first kappa shape index (κ1) is 20.9. The van der Waals surface area contributed by atoms with Gasteiger partial charge >= 0.3 is 5.97 Å². The minimum absolute atomic E-state index is 0.0162. The summed E-state index contributed by atoms with van der Waals surface area (Å²) in [4.78, 5) is 25.1. The van der Waals surface area contributed by atoms with Gasteiger partial charge in [-0.2, -0.15) is 0 Å². The van der Waals surface area contributed by atoms with Crippen LogP contribution in [-0.4, -0.2) is 18.5 Å². The highest BCUT2D eigenvalue weighted by Crippen LogP contribution is 2.30. The summed E-state index contributed by atoms with van der Waals surface area (Å²) < 4.78 is 5.36. The second-order valence-corrected chi connectivity index (χ2v) is 7.95. The number of hydrogen-bond donors (Lipinski definition) is 1. The molecule has 1 aliphatic carbocycles. The molecule has 1 N–H and O–H groups in total. The van der Waals surface area contributed by atoms with Crippen molar-refractivity contribution < 1.29 is 14.3 Å². The number of carbonyl (C=O) groups is 2. The van der Waals surface area contributed by atoms with E-state index >= 15 is 0 Å². The summed E-state index contributed by atoms with van der Waals surface area (Å²) >= 11 is 0. The number of aryl methyl sites for hydroxylation is 1. The molecule has 3 aromatic rings. The smallest absolute Gasteiger partial charge is 0.307 e. The quantitative estimate of drug-likeness (QED) is 0.558. The van der Waals surface area contributed by atoms with Gasteiger partial charge in [-0.25, -0.2) is 0 Å². The van der Waals surface area contributed by atoms with Gasteiger partial charge in [0.1, 0.15) is 0 Å². The average Bonchev–Trinajstić information content (AvgIpc) is 2.82. The molecule has 4 rings (SSSR count). The van der Waals surface area contributed by atoms with Crippen LogP contribution in [0.2, 0.25) is 0 Å². The lowest BCUT2D eigenvalue weighted by molar-refractivity contribution is -0.149. The second-order valence-electron chi connectivity index (χ2n) is 7.95. The molecule has 1 aliphatic rings. The van der Waals surface area contributed by atoms with Crippen molar-refractivity contribution >= 4 is 11.9 Å². The van der Waals surface area contributed by atoms with Gasteiger partial charge in [-0.3, -0.25) is 9.59 Å². The van der Waals surface area contributed by atoms with Crippen LogP contribution in [0.4, 0.5) is 0 Å². The molecule has 0 heterocycles. The maximum atomic E-state index is 12.6. The Labute approximate surface area is 183 Å². The Hall–Kier alpha value is -3.40. The number of benzene rings is 3. The Morgan fingerprint density at radius 2 is 1.48 bits per heavy atom. The first-order chi connectivity index (χ1) is 15.2. The van der Waals surface area contributed by atoms with E-state index in [0.29, 0.717) is 0 Å². The highest BCUT2D eigenvalue weighted by Gasteiger charge is 2.23. The van der Waals surface area contributed by atoms with E-state index in [0.717, 1.165) is 30.4 Å². The molecule has 3 aromatic carbocycles. The molecular formula is C27H27NO3. The number of amides is 1. The number of nitrogens with one attached hydrogen (secondary N) is 1. The second kappa shape index (κ2) is 10.1. The molecule has 0 saturated heterocycles. The van der Waals surface area contributed by atoms with E-state index in [1.165, 1.54) is 11.1 Å². The average molecular weight is 414 g/mol. The van der Waals surface area contributed by atoms with E-state index in [2.05, 4.69) is 17.4 Å². The zero-order chi connectivity index (χ0) is 21.5. The number of esters is 1. The lowest BCUT2D eigenvalue weighted by Crippen LogP contribution is -2.34. The maximum Gasteiger partial charge on any atom is 0.307 e. The van der Waals surface area contributed by atoms with Gasteiger partial charge in [0.2, 0.25) is 0 Å². The minimum atomic E-state index is -0.378. The van der Waals surface area contributed by atoms with Crippen molar-refractivity contribution in [2.45, 2.75) is 37.6 Å². The predicted molar refractivity (Wildman–Crippen MR) is 121 cm³/mol. The monoisotopic (exact) mass is 413 g/mol. The van der Waals surface area contributed by atoms with Gasteiger partial charge in [0.15, 0.2) is 6.61 Å². The lowest BCUT2D eigenvalue weighted by atomic mass is 9.88. The van der Waals surface area contributed by atoms with Gasteiger partial charge in [-0.1, -0.05) is 84.9 Å². The van der Waals surface area contributed by atoms with Crippen LogP contribution in [0, 0.1) is 0 Å². The van der Waals surface area contributed by atoms with Crippen LogP contribution < -0.4 is 5.32 Å². The van der Waals surface area contributed by atoms with Crippen LogP contribution in [0.5, 0.6) is 0 Å². The minimum Gasteiger partial charge on any atom is -0.456 e. The standard InChI is InChI=1S/C27H27NO3/c29-26(28-25-17-9-15-20-14-7-8-16-23(20)25)19-31-27(30)18-24(21-10-3-1-4-11-21)22-12-5-2-6-13-22/h1-8,10-14,16,24-25H,9,15,17-19H2,(H,28,29)/t25-/m1/s1. The van der Waals surface area contributed by atoms with E-state index < -0.39 is 0 Å². The van der Waals surface area contributed by atoms with E-state index in [9.17, 15) is 9.59 Å².